The number of esters is 1. The van der Waals surface area contributed by atoms with Gasteiger partial charge in [-0.15, -0.1) is 0 Å². The summed E-state index contributed by atoms with van der Waals surface area (Å²) in [5.41, 5.74) is 2.06. The molecule has 2 heterocycles. The number of rotatable bonds is 3. The second-order valence-corrected chi connectivity index (χ2v) is 4.68. The van der Waals surface area contributed by atoms with Crippen LogP contribution in [0, 0.1) is 0 Å². The van der Waals surface area contributed by atoms with Crippen LogP contribution in [0.4, 0.5) is 0 Å². The third kappa shape index (κ3) is 1.71. The molecule has 2 aliphatic rings. The van der Waals surface area contributed by atoms with Crippen LogP contribution in [0.1, 0.15) is 22.8 Å². The largest absolute Gasteiger partial charge is 0.492 e. The Morgan fingerprint density at radius 1 is 1.15 bits per heavy atom. The molecule has 3 rings (SSSR count). The van der Waals surface area contributed by atoms with Gasteiger partial charge in [-0.05, 0) is 0 Å². The Kier molecular flexibility index (Phi) is 3.17. The van der Waals surface area contributed by atoms with E-state index in [1.807, 2.05) is 0 Å². The fourth-order valence-electron chi connectivity index (χ4n) is 2.84. The van der Waals surface area contributed by atoms with Crippen LogP contribution in [-0.2, 0) is 22.4 Å². The van der Waals surface area contributed by atoms with E-state index in [1.54, 1.807) is 7.11 Å². The van der Waals surface area contributed by atoms with E-state index in [1.165, 1.54) is 7.11 Å². The molecule has 0 saturated heterocycles. The molecule has 1 N–H and O–H groups in total. The maximum absolute atomic E-state index is 11.7. The second kappa shape index (κ2) is 4.86. The molecule has 0 aliphatic carbocycles. The smallest absolute Gasteiger partial charge is 0.339 e. The summed E-state index contributed by atoms with van der Waals surface area (Å²) in [4.78, 5) is 11.7. The minimum absolute atomic E-state index is 0.456. The number of fused-ring (bicyclic) bond motifs is 2. The van der Waals surface area contributed by atoms with Crippen molar-refractivity contribution in [3.05, 3.63) is 16.7 Å². The van der Waals surface area contributed by atoms with E-state index in [2.05, 4.69) is 4.74 Å². The van der Waals surface area contributed by atoms with Crippen LogP contribution in [-0.4, -0.2) is 38.5 Å². The van der Waals surface area contributed by atoms with Crippen LogP contribution in [0.25, 0.3) is 0 Å². The molecule has 1 atom stereocenters. The zero-order valence-corrected chi connectivity index (χ0v) is 11.4. The van der Waals surface area contributed by atoms with Gasteiger partial charge in [0.25, 0.3) is 0 Å². The summed E-state index contributed by atoms with van der Waals surface area (Å²) < 4.78 is 21.3. The molecule has 6 heteroatoms. The van der Waals surface area contributed by atoms with Crippen molar-refractivity contribution in [2.75, 3.05) is 27.4 Å². The lowest BCUT2D eigenvalue weighted by Crippen LogP contribution is -2.16. The van der Waals surface area contributed by atoms with Crippen LogP contribution >= 0.6 is 0 Å². The third-order valence-electron chi connectivity index (χ3n) is 3.70. The van der Waals surface area contributed by atoms with Crippen molar-refractivity contribution in [2.45, 2.75) is 18.9 Å². The highest BCUT2D eigenvalue weighted by Crippen LogP contribution is 2.50. The average molecular weight is 280 g/mol. The van der Waals surface area contributed by atoms with Gasteiger partial charge in [0.2, 0.25) is 0 Å². The molecular formula is C14H16O6. The Bertz CT molecular complexity index is 530. The summed E-state index contributed by atoms with van der Waals surface area (Å²) in [5, 5.41) is 10.2. The first-order valence-corrected chi connectivity index (χ1v) is 6.46. The van der Waals surface area contributed by atoms with Crippen molar-refractivity contribution in [2.24, 2.45) is 0 Å². The van der Waals surface area contributed by atoms with Crippen molar-refractivity contribution >= 4 is 5.97 Å². The van der Waals surface area contributed by atoms with Gasteiger partial charge in [0.15, 0.2) is 17.6 Å². The zero-order chi connectivity index (χ0) is 14.3. The number of hydrogen-bond donors (Lipinski definition) is 1. The van der Waals surface area contributed by atoms with Crippen molar-refractivity contribution < 1.29 is 28.8 Å². The topological polar surface area (TPSA) is 74.2 Å². The highest BCUT2D eigenvalue weighted by molar-refractivity contribution is 5.80. The first kappa shape index (κ1) is 13.1. The van der Waals surface area contributed by atoms with Gasteiger partial charge in [-0.2, -0.15) is 0 Å². The van der Waals surface area contributed by atoms with Crippen molar-refractivity contribution in [3.8, 4) is 17.2 Å². The van der Waals surface area contributed by atoms with Crippen LogP contribution in [0.15, 0.2) is 0 Å². The first-order chi connectivity index (χ1) is 9.69. The van der Waals surface area contributed by atoms with Gasteiger partial charge in [0, 0.05) is 29.5 Å². The lowest BCUT2D eigenvalue weighted by molar-refractivity contribution is -0.150. The molecule has 20 heavy (non-hydrogen) atoms. The van der Waals surface area contributed by atoms with Crippen LogP contribution in [0.5, 0.6) is 17.2 Å². The minimum Gasteiger partial charge on any atom is -0.492 e. The predicted molar refractivity (Wildman–Crippen MR) is 68.4 cm³/mol. The monoisotopic (exact) mass is 280 g/mol. The molecule has 0 aromatic heterocycles. The number of benzene rings is 1. The Morgan fingerprint density at radius 3 is 2.45 bits per heavy atom. The molecule has 1 aromatic carbocycles. The first-order valence-electron chi connectivity index (χ1n) is 6.46. The Morgan fingerprint density at radius 2 is 1.80 bits per heavy atom. The molecule has 0 spiro atoms. The van der Waals surface area contributed by atoms with Gasteiger partial charge in [-0.1, -0.05) is 0 Å². The molecular weight excluding hydrogens is 264 g/mol. The number of aliphatic hydroxyl groups excluding tert-OH is 1. The van der Waals surface area contributed by atoms with E-state index >= 15 is 0 Å². The Labute approximate surface area is 116 Å². The number of carbonyl (C=O) groups is 1. The summed E-state index contributed by atoms with van der Waals surface area (Å²) >= 11 is 0. The molecule has 0 bridgehead atoms. The normalized spacial score (nSPS) is 16.8. The second-order valence-electron chi connectivity index (χ2n) is 4.68. The van der Waals surface area contributed by atoms with Crippen molar-refractivity contribution in [3.63, 3.8) is 0 Å². The highest BCUT2D eigenvalue weighted by atomic mass is 16.5. The summed E-state index contributed by atoms with van der Waals surface area (Å²) in [6.45, 7) is 0.991. The SMILES string of the molecule is COC(=O)C(O)c1c2c(c(OC)c3c1OCC3)OCC2. The third-order valence-corrected chi connectivity index (χ3v) is 3.70. The lowest BCUT2D eigenvalue weighted by atomic mass is 9.94. The van der Waals surface area contributed by atoms with Gasteiger partial charge in [0.1, 0.15) is 5.75 Å². The zero-order valence-electron chi connectivity index (χ0n) is 11.4. The summed E-state index contributed by atoms with van der Waals surface area (Å²) in [7, 11) is 2.82. The van der Waals surface area contributed by atoms with E-state index < -0.39 is 12.1 Å². The summed E-state index contributed by atoms with van der Waals surface area (Å²) in [6, 6.07) is 0. The van der Waals surface area contributed by atoms with E-state index in [4.69, 9.17) is 14.2 Å². The number of carbonyl (C=O) groups excluding carboxylic acids is 1. The maximum atomic E-state index is 11.7. The van der Waals surface area contributed by atoms with E-state index in [9.17, 15) is 9.90 Å². The van der Waals surface area contributed by atoms with Gasteiger partial charge in [-0.3, -0.25) is 0 Å². The molecule has 0 fully saturated rings. The average Bonchev–Trinajstić information content (AvgIpc) is 3.11. The standard InChI is InChI=1S/C14H16O6/c1-17-12-8-4-6-19-11(8)9(10(15)14(16)18-2)7-3-5-20-13(7)12/h10,15H,3-6H2,1-2H3. The molecule has 1 unspecified atom stereocenters. The van der Waals surface area contributed by atoms with E-state index in [0.717, 1.165) is 11.1 Å². The molecule has 0 radical (unpaired) electrons. The van der Waals surface area contributed by atoms with Crippen LogP contribution in [0.2, 0.25) is 0 Å². The Hall–Kier alpha value is -1.95. The predicted octanol–water partition coefficient (Wildman–Crippen LogP) is 0.771. The molecule has 2 aliphatic heterocycles. The quantitative estimate of drug-likeness (QED) is 0.824. The number of methoxy groups -OCH3 is 2. The number of aliphatic hydroxyl groups is 1. The van der Waals surface area contributed by atoms with Gasteiger partial charge in [0.05, 0.1) is 27.4 Å². The summed E-state index contributed by atoms with van der Waals surface area (Å²) in [6.07, 6.45) is -0.102. The molecule has 0 amide bonds. The summed E-state index contributed by atoms with van der Waals surface area (Å²) in [5.74, 6) is 1.08. The van der Waals surface area contributed by atoms with E-state index in [0.29, 0.717) is 48.9 Å². The maximum Gasteiger partial charge on any atom is 0.339 e. The van der Waals surface area contributed by atoms with Gasteiger partial charge < -0.3 is 24.1 Å². The van der Waals surface area contributed by atoms with E-state index in [-0.39, 0.29) is 0 Å². The number of hydrogen-bond acceptors (Lipinski definition) is 6. The minimum atomic E-state index is -1.37. The van der Waals surface area contributed by atoms with Gasteiger partial charge >= 0.3 is 5.97 Å². The van der Waals surface area contributed by atoms with Crippen molar-refractivity contribution in [1.82, 2.24) is 0 Å². The Balaban J connectivity index is 2.22. The molecule has 108 valence electrons. The lowest BCUT2D eigenvalue weighted by Gasteiger charge is -2.19. The molecule has 1 aromatic rings. The highest BCUT2D eigenvalue weighted by Gasteiger charge is 2.37. The van der Waals surface area contributed by atoms with Gasteiger partial charge in [-0.25, -0.2) is 4.79 Å². The van der Waals surface area contributed by atoms with Crippen LogP contribution < -0.4 is 14.2 Å². The molecule has 6 nitrogen and oxygen atoms in total. The fourth-order valence-corrected chi connectivity index (χ4v) is 2.84. The van der Waals surface area contributed by atoms with Crippen molar-refractivity contribution in [1.29, 1.82) is 0 Å². The van der Waals surface area contributed by atoms with Crippen LogP contribution in [0.3, 0.4) is 0 Å². The fraction of sp³-hybridized carbons (Fsp3) is 0.500. The molecule has 0 saturated carbocycles. The number of ether oxygens (including phenoxy) is 4.